The van der Waals surface area contributed by atoms with E-state index in [2.05, 4.69) is 22.6 Å². The van der Waals surface area contributed by atoms with Crippen LogP contribution in [0.3, 0.4) is 0 Å². The van der Waals surface area contributed by atoms with Crippen molar-refractivity contribution >= 4 is 28.7 Å². The maximum Gasteiger partial charge on any atom is 0.410 e. The van der Waals surface area contributed by atoms with E-state index in [1.807, 2.05) is 51.1 Å². The predicted octanol–water partition coefficient (Wildman–Crippen LogP) is 3.99. The molecule has 23 heavy (non-hydrogen) atoms. The van der Waals surface area contributed by atoms with Crippen molar-refractivity contribution < 1.29 is 14.3 Å². The first kappa shape index (κ1) is 19.3. The van der Waals surface area contributed by atoms with E-state index >= 15 is 0 Å². The number of hydrogen-bond donors (Lipinski definition) is 0. The molecule has 124 valence electrons. The molecule has 0 aliphatic rings. The molecule has 0 heterocycles. The predicted molar refractivity (Wildman–Crippen MR) is 97.2 cm³/mol. The van der Waals surface area contributed by atoms with Gasteiger partial charge in [0.15, 0.2) is 0 Å². The molecule has 5 nitrogen and oxygen atoms in total. The fraction of sp³-hybridized carbons (Fsp3) is 0.412. The number of ether oxygens (including phenoxy) is 2. The minimum absolute atomic E-state index is 0.304. The molecule has 0 spiro atoms. The molecule has 0 atom stereocenters. The Kier molecular flexibility index (Phi) is 7.89. The Labute approximate surface area is 151 Å². The molecule has 0 aliphatic heterocycles. The van der Waals surface area contributed by atoms with Gasteiger partial charge in [-0.05, 0) is 67.6 Å². The first-order chi connectivity index (χ1) is 10.8. The lowest BCUT2D eigenvalue weighted by atomic mass is 10.2. The minimum atomic E-state index is -0.564. The molecule has 0 aliphatic carbocycles. The molecule has 1 aromatic carbocycles. The van der Waals surface area contributed by atoms with Gasteiger partial charge < -0.3 is 14.4 Å². The Bertz CT molecular complexity index is 571. The quantitative estimate of drug-likeness (QED) is 0.508. The molecule has 0 N–H and O–H groups in total. The van der Waals surface area contributed by atoms with Gasteiger partial charge in [-0.2, -0.15) is 5.26 Å². The summed E-state index contributed by atoms with van der Waals surface area (Å²) in [5.41, 5.74) is -0.564. The lowest BCUT2D eigenvalue weighted by Crippen LogP contribution is -2.39. The molecule has 0 fully saturated rings. The van der Waals surface area contributed by atoms with Crippen molar-refractivity contribution in [2.75, 3.05) is 19.7 Å². The van der Waals surface area contributed by atoms with Crippen LogP contribution in [0.1, 0.15) is 20.8 Å². The third-order valence-electron chi connectivity index (χ3n) is 2.61. The molecule has 0 radical (unpaired) electrons. The van der Waals surface area contributed by atoms with Gasteiger partial charge in [0, 0.05) is 16.2 Å². The van der Waals surface area contributed by atoms with Crippen LogP contribution in [-0.4, -0.2) is 36.3 Å². The highest BCUT2D eigenvalue weighted by Crippen LogP contribution is 2.14. The van der Waals surface area contributed by atoms with E-state index in [9.17, 15) is 4.79 Å². The molecule has 0 unspecified atom stereocenters. The second-order valence-electron chi connectivity index (χ2n) is 5.76. The lowest BCUT2D eigenvalue weighted by Gasteiger charge is -2.26. The summed E-state index contributed by atoms with van der Waals surface area (Å²) >= 11 is 2.23. The second-order valence-corrected chi connectivity index (χ2v) is 7.01. The zero-order valence-corrected chi connectivity index (χ0v) is 15.7. The van der Waals surface area contributed by atoms with Crippen LogP contribution in [-0.2, 0) is 4.74 Å². The van der Waals surface area contributed by atoms with Crippen LogP contribution in [0.25, 0.3) is 0 Å². The monoisotopic (exact) mass is 428 g/mol. The molecule has 0 saturated carbocycles. The van der Waals surface area contributed by atoms with Crippen molar-refractivity contribution in [3.63, 3.8) is 0 Å². The number of amides is 1. The van der Waals surface area contributed by atoms with E-state index < -0.39 is 11.7 Å². The third kappa shape index (κ3) is 8.45. The number of carbonyl (C=O) groups excluding carboxylic acids is 1. The van der Waals surface area contributed by atoms with Gasteiger partial charge in [-0.25, -0.2) is 4.79 Å². The summed E-state index contributed by atoms with van der Waals surface area (Å²) < 4.78 is 12.1. The summed E-state index contributed by atoms with van der Waals surface area (Å²) in [7, 11) is 0. The van der Waals surface area contributed by atoms with Crippen LogP contribution in [0.5, 0.6) is 5.75 Å². The molecule has 6 heteroatoms. The zero-order valence-electron chi connectivity index (χ0n) is 13.6. The van der Waals surface area contributed by atoms with E-state index in [1.54, 1.807) is 6.08 Å². The molecule has 1 amide bonds. The van der Waals surface area contributed by atoms with Gasteiger partial charge in [-0.15, -0.1) is 0 Å². The highest BCUT2D eigenvalue weighted by Gasteiger charge is 2.21. The summed E-state index contributed by atoms with van der Waals surface area (Å²) in [4.78, 5) is 13.7. The van der Waals surface area contributed by atoms with Crippen molar-refractivity contribution in [3.8, 4) is 11.8 Å². The first-order valence-corrected chi connectivity index (χ1v) is 8.30. The van der Waals surface area contributed by atoms with Crippen molar-refractivity contribution in [3.05, 3.63) is 40.0 Å². The van der Waals surface area contributed by atoms with E-state index in [0.29, 0.717) is 19.7 Å². The topological polar surface area (TPSA) is 62.6 Å². The summed E-state index contributed by atoms with van der Waals surface area (Å²) in [6.07, 6.45) is 2.54. The molecular formula is C17H21IN2O3. The van der Waals surface area contributed by atoms with Crippen molar-refractivity contribution in [1.82, 2.24) is 4.90 Å². The number of carbonyl (C=O) groups is 1. The molecular weight excluding hydrogens is 407 g/mol. The molecule has 0 saturated heterocycles. The average Bonchev–Trinajstić information content (AvgIpc) is 2.46. The largest absolute Gasteiger partial charge is 0.492 e. The molecule has 1 aromatic rings. The fourth-order valence-electron chi connectivity index (χ4n) is 1.62. The van der Waals surface area contributed by atoms with Gasteiger partial charge in [0.1, 0.15) is 18.0 Å². The summed E-state index contributed by atoms with van der Waals surface area (Å²) in [5, 5.41) is 8.55. The van der Waals surface area contributed by atoms with Crippen LogP contribution >= 0.6 is 22.6 Å². The van der Waals surface area contributed by atoms with Crippen LogP contribution in [0.15, 0.2) is 36.4 Å². The van der Waals surface area contributed by atoms with Crippen LogP contribution in [0.2, 0.25) is 0 Å². The van der Waals surface area contributed by atoms with E-state index in [4.69, 9.17) is 14.7 Å². The standard InChI is InChI=1S/C17H21IN2O3/c1-17(2,3)23-16(21)20(11-5-4-10-19)12-13-22-15-8-6-14(18)7-9-15/h4-9H,11-13H2,1-3H3/b5-4+. The summed E-state index contributed by atoms with van der Waals surface area (Å²) in [6.45, 7) is 6.47. The number of nitrogens with zero attached hydrogens (tertiary/aromatic N) is 2. The normalized spacial score (nSPS) is 11.1. The molecule has 0 bridgehead atoms. The van der Waals surface area contributed by atoms with Gasteiger partial charge in [0.2, 0.25) is 0 Å². The lowest BCUT2D eigenvalue weighted by molar-refractivity contribution is 0.0249. The fourth-order valence-corrected chi connectivity index (χ4v) is 1.98. The number of hydrogen-bond acceptors (Lipinski definition) is 4. The second kappa shape index (κ2) is 9.40. The van der Waals surface area contributed by atoms with Gasteiger partial charge in [-0.1, -0.05) is 6.08 Å². The molecule has 1 rings (SSSR count). The van der Waals surface area contributed by atoms with Crippen molar-refractivity contribution in [1.29, 1.82) is 5.26 Å². The van der Waals surface area contributed by atoms with Crippen molar-refractivity contribution in [2.24, 2.45) is 0 Å². The summed E-state index contributed by atoms with van der Waals surface area (Å²) in [5.74, 6) is 0.752. The summed E-state index contributed by atoms with van der Waals surface area (Å²) in [6, 6.07) is 9.59. The number of allylic oxidation sites excluding steroid dienone is 1. The minimum Gasteiger partial charge on any atom is -0.492 e. The number of benzene rings is 1. The zero-order chi connectivity index (χ0) is 17.3. The Morgan fingerprint density at radius 1 is 1.35 bits per heavy atom. The Hall–Kier alpha value is -1.75. The van der Waals surface area contributed by atoms with Gasteiger partial charge >= 0.3 is 6.09 Å². The van der Waals surface area contributed by atoms with Crippen LogP contribution < -0.4 is 4.74 Å². The maximum absolute atomic E-state index is 12.2. The van der Waals surface area contributed by atoms with Crippen LogP contribution in [0.4, 0.5) is 4.79 Å². The highest BCUT2D eigenvalue weighted by atomic mass is 127. The van der Waals surface area contributed by atoms with E-state index in [0.717, 1.165) is 9.32 Å². The molecule has 0 aromatic heterocycles. The third-order valence-corrected chi connectivity index (χ3v) is 3.33. The maximum atomic E-state index is 12.2. The van der Waals surface area contributed by atoms with Gasteiger partial charge in [0.05, 0.1) is 12.6 Å². The van der Waals surface area contributed by atoms with E-state index in [-0.39, 0.29) is 0 Å². The van der Waals surface area contributed by atoms with Crippen LogP contribution in [0, 0.1) is 14.9 Å². The average molecular weight is 428 g/mol. The van der Waals surface area contributed by atoms with Crippen molar-refractivity contribution in [2.45, 2.75) is 26.4 Å². The Balaban J connectivity index is 2.58. The highest BCUT2D eigenvalue weighted by molar-refractivity contribution is 14.1. The number of rotatable bonds is 6. The number of halogens is 1. The smallest absolute Gasteiger partial charge is 0.410 e. The Morgan fingerprint density at radius 3 is 2.57 bits per heavy atom. The Morgan fingerprint density at radius 2 is 2.00 bits per heavy atom. The van der Waals surface area contributed by atoms with Gasteiger partial charge in [0.25, 0.3) is 0 Å². The first-order valence-electron chi connectivity index (χ1n) is 7.23. The number of nitriles is 1. The van der Waals surface area contributed by atoms with Gasteiger partial charge in [-0.3, -0.25) is 0 Å². The van der Waals surface area contributed by atoms with E-state index in [1.165, 1.54) is 11.0 Å². The SMILES string of the molecule is CC(C)(C)OC(=O)N(C/C=C/C#N)CCOc1ccc(I)cc1.